The molecule has 0 unspecified atom stereocenters. The van der Waals surface area contributed by atoms with Gasteiger partial charge < -0.3 is 15.7 Å². The summed E-state index contributed by atoms with van der Waals surface area (Å²) in [5.74, 6) is 0.160. The zero-order chi connectivity index (χ0) is 14.6. The second-order valence-corrected chi connectivity index (χ2v) is 4.58. The first-order valence-corrected chi connectivity index (χ1v) is 5.45. The van der Waals surface area contributed by atoms with Gasteiger partial charge in [-0.1, -0.05) is 5.92 Å². The Labute approximate surface area is 109 Å². The van der Waals surface area contributed by atoms with E-state index in [0.29, 0.717) is 0 Å². The van der Waals surface area contributed by atoms with E-state index in [2.05, 4.69) is 11.2 Å². The predicted molar refractivity (Wildman–Crippen MR) is 67.6 cm³/mol. The summed E-state index contributed by atoms with van der Waals surface area (Å²) < 4.78 is 27.1. The van der Waals surface area contributed by atoms with Crippen molar-refractivity contribution in [2.24, 2.45) is 0 Å². The molecule has 2 amide bonds. The van der Waals surface area contributed by atoms with E-state index in [1.165, 1.54) is 0 Å². The monoisotopic (exact) mass is 268 g/mol. The number of terminal acetylenes is 1. The van der Waals surface area contributed by atoms with Crippen LogP contribution in [0.3, 0.4) is 0 Å². The first-order valence-electron chi connectivity index (χ1n) is 5.45. The normalized spacial score (nSPS) is 10.7. The topological polar surface area (TPSA) is 61.4 Å². The molecule has 0 bridgehead atoms. The molecule has 19 heavy (non-hydrogen) atoms. The van der Waals surface area contributed by atoms with Crippen LogP contribution in [0, 0.1) is 24.0 Å². The van der Waals surface area contributed by atoms with Crippen LogP contribution in [-0.4, -0.2) is 23.3 Å². The molecule has 0 saturated carbocycles. The largest absolute Gasteiger partial charge is 0.394 e. The molecule has 0 aliphatic carbocycles. The standard InChI is InChI=1S/C13H14F2N2O2/c1-4-8-5-9(14)11(10(15)6-8)16-12(19)17-13(2,3)7-18/h1,5-6,18H,7H2,2-3H3,(H2,16,17,19). The minimum absolute atomic E-state index is 0.0386. The second kappa shape index (κ2) is 5.67. The number of hydrogen-bond donors (Lipinski definition) is 3. The molecule has 0 spiro atoms. The smallest absolute Gasteiger partial charge is 0.319 e. The molecule has 4 nitrogen and oxygen atoms in total. The van der Waals surface area contributed by atoms with E-state index in [9.17, 15) is 13.6 Å². The van der Waals surface area contributed by atoms with Crippen LogP contribution in [0.1, 0.15) is 19.4 Å². The molecule has 0 fully saturated rings. The molecule has 0 radical (unpaired) electrons. The summed E-state index contributed by atoms with van der Waals surface area (Å²) >= 11 is 0. The summed E-state index contributed by atoms with van der Waals surface area (Å²) in [6.45, 7) is 2.79. The highest BCUT2D eigenvalue weighted by atomic mass is 19.1. The number of aliphatic hydroxyl groups is 1. The highest BCUT2D eigenvalue weighted by Gasteiger charge is 2.21. The van der Waals surface area contributed by atoms with Crippen LogP contribution in [0.5, 0.6) is 0 Å². The molecular formula is C13H14F2N2O2. The molecule has 3 N–H and O–H groups in total. The van der Waals surface area contributed by atoms with Crippen molar-refractivity contribution in [1.82, 2.24) is 5.32 Å². The number of nitrogens with one attached hydrogen (secondary N) is 2. The van der Waals surface area contributed by atoms with Crippen LogP contribution in [0.2, 0.25) is 0 Å². The maximum atomic E-state index is 13.5. The van der Waals surface area contributed by atoms with Gasteiger partial charge in [-0.15, -0.1) is 6.42 Å². The van der Waals surface area contributed by atoms with Crippen molar-refractivity contribution in [3.05, 3.63) is 29.3 Å². The van der Waals surface area contributed by atoms with Crippen LogP contribution in [0.15, 0.2) is 12.1 Å². The van der Waals surface area contributed by atoms with E-state index < -0.39 is 28.9 Å². The van der Waals surface area contributed by atoms with Crippen LogP contribution >= 0.6 is 0 Å². The average molecular weight is 268 g/mol. The van der Waals surface area contributed by atoms with Crippen molar-refractivity contribution >= 4 is 11.7 Å². The third-order valence-corrected chi connectivity index (χ3v) is 2.29. The molecule has 0 aliphatic heterocycles. The van der Waals surface area contributed by atoms with E-state index >= 15 is 0 Å². The molecule has 1 aromatic rings. The summed E-state index contributed by atoms with van der Waals surface area (Å²) in [6, 6.07) is 1.05. The molecular weight excluding hydrogens is 254 g/mol. The van der Waals surface area contributed by atoms with Crippen LogP contribution in [0.4, 0.5) is 19.3 Å². The Hall–Kier alpha value is -2.13. The van der Waals surface area contributed by atoms with E-state index in [0.717, 1.165) is 12.1 Å². The number of rotatable bonds is 3. The lowest BCUT2D eigenvalue weighted by molar-refractivity contribution is 0.187. The number of aliphatic hydroxyl groups excluding tert-OH is 1. The van der Waals surface area contributed by atoms with E-state index in [-0.39, 0.29) is 12.2 Å². The van der Waals surface area contributed by atoms with Gasteiger partial charge in [-0.05, 0) is 26.0 Å². The highest BCUT2D eigenvalue weighted by molar-refractivity contribution is 5.90. The Balaban J connectivity index is 2.90. The molecule has 0 heterocycles. The number of urea groups is 1. The van der Waals surface area contributed by atoms with Gasteiger partial charge in [0, 0.05) is 5.56 Å². The van der Waals surface area contributed by atoms with Gasteiger partial charge in [-0.25, -0.2) is 13.6 Å². The fourth-order valence-electron chi connectivity index (χ4n) is 1.27. The number of anilines is 1. The van der Waals surface area contributed by atoms with Crippen molar-refractivity contribution < 1.29 is 18.7 Å². The Kier molecular flexibility index (Phi) is 4.46. The molecule has 0 atom stereocenters. The van der Waals surface area contributed by atoms with Crippen molar-refractivity contribution in [3.8, 4) is 12.3 Å². The maximum absolute atomic E-state index is 13.5. The predicted octanol–water partition coefficient (Wildman–Crippen LogP) is 1.84. The molecule has 1 aromatic carbocycles. The van der Waals surface area contributed by atoms with E-state index in [1.807, 2.05) is 5.32 Å². The Morgan fingerprint density at radius 1 is 1.42 bits per heavy atom. The highest BCUT2D eigenvalue weighted by Crippen LogP contribution is 2.20. The van der Waals surface area contributed by atoms with Gasteiger partial charge >= 0.3 is 6.03 Å². The SMILES string of the molecule is C#Cc1cc(F)c(NC(=O)NC(C)(C)CO)c(F)c1. The Morgan fingerprint density at radius 3 is 2.37 bits per heavy atom. The van der Waals surface area contributed by atoms with Gasteiger partial charge in [0.05, 0.1) is 12.1 Å². The van der Waals surface area contributed by atoms with Crippen molar-refractivity contribution in [2.75, 3.05) is 11.9 Å². The fourth-order valence-corrected chi connectivity index (χ4v) is 1.27. The van der Waals surface area contributed by atoms with Crippen molar-refractivity contribution in [2.45, 2.75) is 19.4 Å². The van der Waals surface area contributed by atoms with Gasteiger partial charge in [0.15, 0.2) is 11.6 Å². The van der Waals surface area contributed by atoms with Gasteiger partial charge in [0.2, 0.25) is 0 Å². The number of halogens is 2. The third-order valence-electron chi connectivity index (χ3n) is 2.29. The molecule has 0 saturated heterocycles. The second-order valence-electron chi connectivity index (χ2n) is 4.58. The van der Waals surface area contributed by atoms with Gasteiger partial charge in [-0.3, -0.25) is 0 Å². The number of carbonyl (C=O) groups is 1. The first-order chi connectivity index (χ1) is 8.79. The minimum Gasteiger partial charge on any atom is -0.394 e. The van der Waals surface area contributed by atoms with Gasteiger partial charge in [0.1, 0.15) is 5.69 Å². The maximum Gasteiger partial charge on any atom is 0.319 e. The molecule has 1 rings (SSSR count). The number of benzene rings is 1. The van der Waals surface area contributed by atoms with Crippen molar-refractivity contribution in [1.29, 1.82) is 0 Å². The Morgan fingerprint density at radius 2 is 1.95 bits per heavy atom. The first kappa shape index (κ1) is 14.9. The minimum atomic E-state index is -0.968. The molecule has 0 aromatic heterocycles. The van der Waals surface area contributed by atoms with Gasteiger partial charge in [-0.2, -0.15) is 0 Å². The third kappa shape index (κ3) is 3.93. The zero-order valence-electron chi connectivity index (χ0n) is 10.6. The number of hydrogen-bond acceptors (Lipinski definition) is 2. The molecule has 0 aliphatic rings. The quantitative estimate of drug-likeness (QED) is 0.732. The average Bonchev–Trinajstić information content (AvgIpc) is 2.33. The van der Waals surface area contributed by atoms with Gasteiger partial charge in [0.25, 0.3) is 0 Å². The Bertz CT molecular complexity index is 513. The number of carbonyl (C=O) groups excluding carboxylic acids is 1. The molecule has 6 heteroatoms. The summed E-state index contributed by atoms with van der Waals surface area (Å²) in [5.41, 5.74) is -1.46. The summed E-state index contributed by atoms with van der Waals surface area (Å²) in [5, 5.41) is 13.4. The summed E-state index contributed by atoms with van der Waals surface area (Å²) in [7, 11) is 0. The van der Waals surface area contributed by atoms with Crippen LogP contribution in [0.25, 0.3) is 0 Å². The molecule has 102 valence electrons. The lowest BCUT2D eigenvalue weighted by Crippen LogP contribution is -2.48. The fraction of sp³-hybridized carbons (Fsp3) is 0.308. The zero-order valence-corrected chi connectivity index (χ0v) is 10.6. The van der Waals surface area contributed by atoms with Crippen LogP contribution in [-0.2, 0) is 0 Å². The number of amides is 2. The van der Waals surface area contributed by atoms with Crippen LogP contribution < -0.4 is 10.6 Å². The summed E-state index contributed by atoms with van der Waals surface area (Å²) in [6.07, 6.45) is 5.03. The van der Waals surface area contributed by atoms with Crippen molar-refractivity contribution in [3.63, 3.8) is 0 Å². The lowest BCUT2D eigenvalue weighted by atomic mass is 10.1. The summed E-state index contributed by atoms with van der Waals surface area (Å²) in [4.78, 5) is 11.5. The van der Waals surface area contributed by atoms with E-state index in [4.69, 9.17) is 11.5 Å². The van der Waals surface area contributed by atoms with E-state index in [1.54, 1.807) is 13.8 Å². The lowest BCUT2D eigenvalue weighted by Gasteiger charge is -2.23.